The van der Waals surface area contributed by atoms with Gasteiger partial charge in [-0.3, -0.25) is 9.59 Å². The molecule has 0 radical (unpaired) electrons. The molecule has 0 bridgehead atoms. The summed E-state index contributed by atoms with van der Waals surface area (Å²) in [6, 6.07) is 13.0. The molecule has 11 heteroatoms. The molecule has 3 aromatic rings. The zero-order chi connectivity index (χ0) is 26.2. The van der Waals surface area contributed by atoms with Crippen LogP contribution in [0, 0.1) is 0 Å². The van der Waals surface area contributed by atoms with Gasteiger partial charge < -0.3 is 34.7 Å². The number of benzene rings is 3. The maximum atomic E-state index is 12.7. The molecule has 0 atom stereocenters. The van der Waals surface area contributed by atoms with Crippen molar-refractivity contribution in [2.45, 2.75) is 13.2 Å². The van der Waals surface area contributed by atoms with E-state index >= 15 is 0 Å². The Kier molecular flexibility index (Phi) is 8.50. The molecule has 0 aliphatic heterocycles. The summed E-state index contributed by atoms with van der Waals surface area (Å²) >= 11 is 0. The van der Waals surface area contributed by atoms with Gasteiger partial charge in [-0.1, -0.05) is 6.07 Å². The summed E-state index contributed by atoms with van der Waals surface area (Å²) in [5, 5.41) is 15.4. The molecule has 3 N–H and O–H groups in total. The number of methoxy groups -OCH3 is 3. The molecule has 36 heavy (non-hydrogen) atoms. The van der Waals surface area contributed by atoms with Gasteiger partial charge in [-0.25, -0.2) is 0 Å². The standard InChI is InChI=1S/C25H24F2N2O7/c1-33-17-9-15(10-18(12-17)34-2)23(31)29-16-5-6-20(30)19(11-16)24(32)28-13-14-4-7-21(35-3)22(8-14)36-25(26)27/h4-12,25,30H,13H2,1-3H3,(H,28,32)(H,29,31). The van der Waals surface area contributed by atoms with Crippen molar-refractivity contribution in [2.75, 3.05) is 26.6 Å². The second-order valence-corrected chi connectivity index (χ2v) is 7.33. The lowest BCUT2D eigenvalue weighted by atomic mass is 10.1. The highest BCUT2D eigenvalue weighted by Crippen LogP contribution is 2.30. The largest absolute Gasteiger partial charge is 0.507 e. The lowest BCUT2D eigenvalue weighted by Crippen LogP contribution is -2.23. The predicted molar refractivity (Wildman–Crippen MR) is 126 cm³/mol. The van der Waals surface area contributed by atoms with Gasteiger partial charge in [0.15, 0.2) is 11.5 Å². The molecule has 3 rings (SSSR count). The van der Waals surface area contributed by atoms with Crippen molar-refractivity contribution in [1.29, 1.82) is 0 Å². The van der Waals surface area contributed by atoms with Crippen LogP contribution < -0.4 is 29.6 Å². The SMILES string of the molecule is COc1cc(OC)cc(C(=O)Nc2ccc(O)c(C(=O)NCc3ccc(OC)c(OC(F)F)c3)c2)c1. The van der Waals surface area contributed by atoms with Crippen LogP contribution in [0.3, 0.4) is 0 Å². The molecule has 0 aliphatic rings. The molecule has 0 aliphatic carbocycles. The van der Waals surface area contributed by atoms with Gasteiger partial charge in [0, 0.05) is 23.9 Å². The Hall–Kier alpha value is -4.54. The van der Waals surface area contributed by atoms with Crippen LogP contribution in [0.15, 0.2) is 54.6 Å². The first-order valence-corrected chi connectivity index (χ1v) is 10.5. The van der Waals surface area contributed by atoms with Crippen molar-refractivity contribution >= 4 is 17.5 Å². The first kappa shape index (κ1) is 26.1. The molecule has 0 heterocycles. The minimum absolute atomic E-state index is 0.0535. The van der Waals surface area contributed by atoms with Crippen molar-refractivity contribution in [3.8, 4) is 28.7 Å². The highest BCUT2D eigenvalue weighted by molar-refractivity contribution is 6.06. The number of hydrogen-bond acceptors (Lipinski definition) is 7. The fourth-order valence-corrected chi connectivity index (χ4v) is 3.23. The quantitative estimate of drug-likeness (QED) is 0.356. The summed E-state index contributed by atoms with van der Waals surface area (Å²) in [5.41, 5.74) is 0.859. The van der Waals surface area contributed by atoms with Crippen molar-refractivity contribution < 1.29 is 42.4 Å². The van der Waals surface area contributed by atoms with Crippen LogP contribution in [0.2, 0.25) is 0 Å². The molecular formula is C25H24F2N2O7. The third-order valence-electron chi connectivity index (χ3n) is 5.01. The molecule has 0 saturated carbocycles. The molecule has 0 saturated heterocycles. The number of anilines is 1. The third kappa shape index (κ3) is 6.53. The molecule has 0 spiro atoms. The lowest BCUT2D eigenvalue weighted by Gasteiger charge is -2.13. The fraction of sp³-hybridized carbons (Fsp3) is 0.200. The number of alkyl halides is 2. The Morgan fingerprint density at radius 2 is 1.56 bits per heavy atom. The number of phenolic OH excluding ortho intramolecular Hbond substituents is 1. The van der Waals surface area contributed by atoms with E-state index in [2.05, 4.69) is 15.4 Å². The molecule has 3 aromatic carbocycles. The van der Waals surface area contributed by atoms with Crippen molar-refractivity contribution in [1.82, 2.24) is 5.32 Å². The molecule has 190 valence electrons. The van der Waals surface area contributed by atoms with E-state index in [1.54, 1.807) is 12.1 Å². The highest BCUT2D eigenvalue weighted by Gasteiger charge is 2.16. The van der Waals surface area contributed by atoms with E-state index in [1.807, 2.05) is 0 Å². The van der Waals surface area contributed by atoms with Gasteiger partial charge in [0.05, 0.1) is 26.9 Å². The first-order valence-electron chi connectivity index (χ1n) is 10.5. The smallest absolute Gasteiger partial charge is 0.387 e. The van der Waals surface area contributed by atoms with E-state index in [1.165, 1.54) is 63.8 Å². The number of carbonyl (C=O) groups is 2. The minimum Gasteiger partial charge on any atom is -0.507 e. The summed E-state index contributed by atoms with van der Waals surface area (Å²) in [4.78, 5) is 25.4. The maximum Gasteiger partial charge on any atom is 0.387 e. The van der Waals surface area contributed by atoms with Crippen LogP contribution in [0.1, 0.15) is 26.3 Å². The molecule has 0 unspecified atom stereocenters. The number of nitrogens with one attached hydrogen (secondary N) is 2. The number of aromatic hydroxyl groups is 1. The second-order valence-electron chi connectivity index (χ2n) is 7.33. The number of carbonyl (C=O) groups excluding carboxylic acids is 2. The molecule has 2 amide bonds. The van der Waals surface area contributed by atoms with Crippen molar-refractivity contribution in [3.63, 3.8) is 0 Å². The average Bonchev–Trinajstić information content (AvgIpc) is 2.87. The Balaban J connectivity index is 1.73. The predicted octanol–water partition coefficient (Wildman–Crippen LogP) is 4.20. The summed E-state index contributed by atoms with van der Waals surface area (Å²) in [7, 11) is 4.23. The normalized spacial score (nSPS) is 10.5. The zero-order valence-electron chi connectivity index (χ0n) is 19.6. The number of hydrogen-bond donors (Lipinski definition) is 3. The van der Waals surface area contributed by atoms with E-state index in [0.29, 0.717) is 17.1 Å². The van der Waals surface area contributed by atoms with Gasteiger partial charge in [-0.2, -0.15) is 8.78 Å². The maximum absolute atomic E-state index is 12.7. The van der Waals surface area contributed by atoms with Gasteiger partial charge in [0.2, 0.25) is 0 Å². The van der Waals surface area contributed by atoms with Crippen LogP contribution in [-0.4, -0.2) is 44.9 Å². The van der Waals surface area contributed by atoms with E-state index in [0.717, 1.165) is 0 Å². The summed E-state index contributed by atoms with van der Waals surface area (Å²) in [6.07, 6.45) is 0. The van der Waals surface area contributed by atoms with Crippen LogP contribution >= 0.6 is 0 Å². The Bertz CT molecular complexity index is 1230. The van der Waals surface area contributed by atoms with Crippen molar-refractivity contribution in [3.05, 3.63) is 71.3 Å². The monoisotopic (exact) mass is 502 g/mol. The Morgan fingerprint density at radius 1 is 0.861 bits per heavy atom. The van der Waals surface area contributed by atoms with Gasteiger partial charge in [0.1, 0.15) is 17.2 Å². The third-order valence-corrected chi connectivity index (χ3v) is 5.01. The number of rotatable bonds is 10. The van der Waals surface area contributed by atoms with Crippen LogP contribution in [0.4, 0.5) is 14.5 Å². The minimum atomic E-state index is -3.04. The number of phenols is 1. The fourth-order valence-electron chi connectivity index (χ4n) is 3.23. The van der Waals surface area contributed by atoms with E-state index < -0.39 is 18.4 Å². The lowest BCUT2D eigenvalue weighted by molar-refractivity contribution is -0.0512. The summed E-state index contributed by atoms with van der Waals surface area (Å²) < 4.78 is 45.0. The van der Waals surface area contributed by atoms with Gasteiger partial charge in [-0.15, -0.1) is 0 Å². The molecule has 9 nitrogen and oxygen atoms in total. The van der Waals surface area contributed by atoms with E-state index in [-0.39, 0.29) is 40.6 Å². The molecule has 0 fully saturated rings. The number of ether oxygens (including phenoxy) is 4. The zero-order valence-corrected chi connectivity index (χ0v) is 19.6. The topological polar surface area (TPSA) is 115 Å². The average molecular weight is 502 g/mol. The Labute approximate surface area is 205 Å². The van der Waals surface area contributed by atoms with Gasteiger partial charge in [-0.05, 0) is 48.0 Å². The van der Waals surface area contributed by atoms with Gasteiger partial charge >= 0.3 is 6.61 Å². The van der Waals surface area contributed by atoms with Crippen LogP contribution in [-0.2, 0) is 6.54 Å². The van der Waals surface area contributed by atoms with Crippen molar-refractivity contribution in [2.24, 2.45) is 0 Å². The Morgan fingerprint density at radius 3 is 2.17 bits per heavy atom. The van der Waals surface area contributed by atoms with E-state index in [4.69, 9.17) is 14.2 Å². The molecule has 0 aromatic heterocycles. The number of halogens is 2. The van der Waals surface area contributed by atoms with Crippen LogP contribution in [0.25, 0.3) is 0 Å². The van der Waals surface area contributed by atoms with Crippen LogP contribution in [0.5, 0.6) is 28.7 Å². The van der Waals surface area contributed by atoms with Gasteiger partial charge in [0.25, 0.3) is 11.8 Å². The van der Waals surface area contributed by atoms with E-state index in [9.17, 15) is 23.5 Å². The number of amides is 2. The second kappa shape index (κ2) is 11.7. The summed E-state index contributed by atoms with van der Waals surface area (Å²) in [6.45, 7) is -3.10. The first-order chi connectivity index (χ1) is 17.2. The molecular weight excluding hydrogens is 478 g/mol. The summed E-state index contributed by atoms with van der Waals surface area (Å²) in [5.74, 6) is -0.684. The highest BCUT2D eigenvalue weighted by atomic mass is 19.3.